The molecule has 18 heavy (non-hydrogen) atoms. The van der Waals surface area contributed by atoms with E-state index in [-0.39, 0.29) is 6.10 Å². The second kappa shape index (κ2) is 5.85. The van der Waals surface area contributed by atoms with Crippen molar-refractivity contribution in [3.05, 3.63) is 18.2 Å². The van der Waals surface area contributed by atoms with Crippen molar-refractivity contribution in [3.63, 3.8) is 0 Å². The van der Waals surface area contributed by atoms with Gasteiger partial charge in [0.2, 0.25) is 0 Å². The minimum Gasteiger partial charge on any atom is -0.387 e. The van der Waals surface area contributed by atoms with Gasteiger partial charge >= 0.3 is 0 Å². The molecule has 1 aromatic heterocycles. The zero-order chi connectivity index (χ0) is 13.0. The van der Waals surface area contributed by atoms with Crippen LogP contribution in [-0.4, -0.2) is 33.5 Å². The standard InChI is InChI=1S/C14H24N2O2/c1-3-9-16-10-8-15-13(16)11-14(17)7-5-4-6-12(14)18-2/h8,10,12,17H,3-7,9,11H2,1-2H3. The molecule has 0 bridgehead atoms. The average molecular weight is 252 g/mol. The number of aliphatic hydroxyl groups is 1. The Hall–Kier alpha value is -0.870. The third kappa shape index (κ3) is 2.75. The lowest BCUT2D eigenvalue weighted by atomic mass is 9.79. The van der Waals surface area contributed by atoms with E-state index < -0.39 is 5.60 Å². The lowest BCUT2D eigenvalue weighted by Crippen LogP contribution is -2.48. The van der Waals surface area contributed by atoms with Gasteiger partial charge < -0.3 is 14.4 Å². The van der Waals surface area contributed by atoms with Crippen molar-refractivity contribution >= 4 is 0 Å². The van der Waals surface area contributed by atoms with Crippen LogP contribution in [0.25, 0.3) is 0 Å². The van der Waals surface area contributed by atoms with E-state index in [9.17, 15) is 5.11 Å². The van der Waals surface area contributed by atoms with E-state index >= 15 is 0 Å². The summed E-state index contributed by atoms with van der Waals surface area (Å²) < 4.78 is 7.61. The first-order chi connectivity index (χ1) is 8.69. The molecule has 0 radical (unpaired) electrons. The third-order valence-corrected chi connectivity index (χ3v) is 3.94. The van der Waals surface area contributed by atoms with Gasteiger partial charge in [-0.2, -0.15) is 0 Å². The molecule has 1 fully saturated rings. The van der Waals surface area contributed by atoms with E-state index in [1.165, 1.54) is 0 Å². The van der Waals surface area contributed by atoms with Gasteiger partial charge in [0.05, 0.1) is 11.7 Å². The summed E-state index contributed by atoms with van der Waals surface area (Å²) >= 11 is 0. The van der Waals surface area contributed by atoms with Crippen LogP contribution >= 0.6 is 0 Å². The Morgan fingerprint density at radius 1 is 1.56 bits per heavy atom. The summed E-state index contributed by atoms with van der Waals surface area (Å²) in [5, 5.41) is 10.8. The fraction of sp³-hybridized carbons (Fsp3) is 0.786. The Bertz CT molecular complexity index is 378. The van der Waals surface area contributed by atoms with E-state index in [0.717, 1.165) is 44.5 Å². The van der Waals surface area contributed by atoms with Crippen LogP contribution in [0, 0.1) is 0 Å². The van der Waals surface area contributed by atoms with Crippen LogP contribution in [0.4, 0.5) is 0 Å². The summed E-state index contributed by atoms with van der Waals surface area (Å²) in [5.74, 6) is 0.975. The first kappa shape index (κ1) is 13.6. The van der Waals surface area contributed by atoms with Crippen LogP contribution in [0.3, 0.4) is 0 Å². The highest BCUT2D eigenvalue weighted by Gasteiger charge is 2.40. The largest absolute Gasteiger partial charge is 0.387 e. The number of imidazole rings is 1. The SMILES string of the molecule is CCCn1ccnc1CC1(O)CCCCC1OC. The summed E-state index contributed by atoms with van der Waals surface area (Å²) in [6.45, 7) is 3.11. The van der Waals surface area contributed by atoms with Crippen molar-refractivity contribution < 1.29 is 9.84 Å². The Balaban J connectivity index is 2.12. The fourth-order valence-corrected chi connectivity index (χ4v) is 2.96. The molecule has 2 rings (SSSR count). The van der Waals surface area contributed by atoms with E-state index in [0.29, 0.717) is 6.42 Å². The Labute approximate surface area is 109 Å². The number of aromatic nitrogens is 2. The molecule has 4 nitrogen and oxygen atoms in total. The molecule has 2 atom stereocenters. The van der Waals surface area contributed by atoms with Gasteiger partial charge in [0.15, 0.2) is 0 Å². The average Bonchev–Trinajstić information content (AvgIpc) is 2.77. The van der Waals surface area contributed by atoms with Crippen molar-refractivity contribution in [1.82, 2.24) is 9.55 Å². The molecule has 1 N–H and O–H groups in total. The number of rotatable bonds is 5. The van der Waals surface area contributed by atoms with Gasteiger partial charge in [-0.05, 0) is 19.3 Å². The molecule has 0 saturated heterocycles. The summed E-state index contributed by atoms with van der Waals surface area (Å²) in [6.07, 6.45) is 9.40. The first-order valence-electron chi connectivity index (χ1n) is 6.95. The first-order valence-corrected chi connectivity index (χ1v) is 6.95. The molecule has 0 aliphatic heterocycles. The normalized spacial score (nSPS) is 28.5. The summed E-state index contributed by atoms with van der Waals surface area (Å²) in [6, 6.07) is 0. The van der Waals surface area contributed by atoms with Gasteiger partial charge in [0.1, 0.15) is 5.82 Å². The maximum absolute atomic E-state index is 10.8. The molecule has 0 amide bonds. The highest BCUT2D eigenvalue weighted by Crippen LogP contribution is 2.33. The minimum atomic E-state index is -0.746. The minimum absolute atomic E-state index is 0.0574. The van der Waals surface area contributed by atoms with Crippen molar-refractivity contribution in [3.8, 4) is 0 Å². The van der Waals surface area contributed by atoms with Crippen LogP contribution in [0.2, 0.25) is 0 Å². The molecule has 102 valence electrons. The number of methoxy groups -OCH3 is 1. The summed E-state index contributed by atoms with van der Waals surface area (Å²) in [5.41, 5.74) is -0.746. The van der Waals surface area contributed by atoms with E-state index in [2.05, 4.69) is 16.5 Å². The van der Waals surface area contributed by atoms with Gasteiger partial charge in [0.25, 0.3) is 0 Å². The molecule has 1 aromatic rings. The van der Waals surface area contributed by atoms with Gasteiger partial charge in [0, 0.05) is 32.5 Å². The van der Waals surface area contributed by atoms with E-state index in [1.54, 1.807) is 7.11 Å². The number of nitrogens with zero attached hydrogens (tertiary/aromatic N) is 2. The summed E-state index contributed by atoms with van der Waals surface area (Å²) in [7, 11) is 1.69. The highest BCUT2D eigenvalue weighted by molar-refractivity contribution is 5.03. The van der Waals surface area contributed by atoms with Crippen molar-refractivity contribution in [2.45, 2.75) is 63.7 Å². The van der Waals surface area contributed by atoms with Gasteiger partial charge in [-0.25, -0.2) is 4.98 Å². The summed E-state index contributed by atoms with van der Waals surface area (Å²) in [4.78, 5) is 4.39. The lowest BCUT2D eigenvalue weighted by Gasteiger charge is -2.38. The molecular formula is C14H24N2O2. The van der Waals surface area contributed by atoms with Crippen molar-refractivity contribution in [2.75, 3.05) is 7.11 Å². The van der Waals surface area contributed by atoms with E-state index in [4.69, 9.17) is 4.74 Å². The Morgan fingerprint density at radius 3 is 3.11 bits per heavy atom. The van der Waals surface area contributed by atoms with Crippen LogP contribution in [0.1, 0.15) is 44.9 Å². The number of aryl methyl sites for hydroxylation is 1. The van der Waals surface area contributed by atoms with Gasteiger partial charge in [-0.1, -0.05) is 19.8 Å². The predicted octanol–water partition coefficient (Wildman–Crippen LogP) is 2.16. The Kier molecular flexibility index (Phi) is 4.40. The molecule has 1 saturated carbocycles. The second-order valence-corrected chi connectivity index (χ2v) is 5.29. The molecule has 0 aromatic carbocycles. The maximum atomic E-state index is 10.8. The smallest absolute Gasteiger partial charge is 0.111 e. The number of hydrogen-bond acceptors (Lipinski definition) is 3. The monoisotopic (exact) mass is 252 g/mol. The van der Waals surface area contributed by atoms with Crippen molar-refractivity contribution in [2.24, 2.45) is 0 Å². The second-order valence-electron chi connectivity index (χ2n) is 5.29. The van der Waals surface area contributed by atoms with E-state index in [1.807, 2.05) is 12.4 Å². The van der Waals surface area contributed by atoms with Crippen LogP contribution in [-0.2, 0) is 17.7 Å². The van der Waals surface area contributed by atoms with Gasteiger partial charge in [-0.15, -0.1) is 0 Å². The molecule has 1 aliphatic carbocycles. The molecular weight excluding hydrogens is 228 g/mol. The molecule has 1 heterocycles. The fourth-order valence-electron chi connectivity index (χ4n) is 2.96. The zero-order valence-corrected chi connectivity index (χ0v) is 11.4. The highest BCUT2D eigenvalue weighted by atomic mass is 16.5. The van der Waals surface area contributed by atoms with Crippen LogP contribution in [0.5, 0.6) is 0 Å². The van der Waals surface area contributed by atoms with Crippen LogP contribution < -0.4 is 0 Å². The van der Waals surface area contributed by atoms with Crippen LogP contribution in [0.15, 0.2) is 12.4 Å². The molecule has 0 spiro atoms. The zero-order valence-electron chi connectivity index (χ0n) is 11.4. The third-order valence-electron chi connectivity index (χ3n) is 3.94. The van der Waals surface area contributed by atoms with Crippen molar-refractivity contribution in [1.29, 1.82) is 0 Å². The maximum Gasteiger partial charge on any atom is 0.111 e. The molecule has 1 aliphatic rings. The number of ether oxygens (including phenoxy) is 1. The van der Waals surface area contributed by atoms with Gasteiger partial charge in [-0.3, -0.25) is 0 Å². The Morgan fingerprint density at radius 2 is 2.39 bits per heavy atom. The quantitative estimate of drug-likeness (QED) is 0.873. The molecule has 4 heteroatoms. The molecule has 2 unspecified atom stereocenters. The number of hydrogen-bond donors (Lipinski definition) is 1. The topological polar surface area (TPSA) is 47.3 Å². The lowest BCUT2D eigenvalue weighted by molar-refractivity contribution is -0.117. The predicted molar refractivity (Wildman–Crippen MR) is 70.4 cm³/mol.